The molecule has 0 aliphatic carbocycles. The van der Waals surface area contributed by atoms with Gasteiger partial charge in [-0.1, -0.05) is 67.9 Å². The number of aromatic nitrogens is 1. The van der Waals surface area contributed by atoms with Gasteiger partial charge in [-0.25, -0.2) is 0 Å². The van der Waals surface area contributed by atoms with Crippen LogP contribution in [-0.2, 0) is 25.0 Å². The third-order valence-electron chi connectivity index (χ3n) is 5.92. The SMILES string of the molecule is Cc1ccc(CNC(=O)c2cc(CN(Cc3ccco3)C(=O)c3ccc(C(C)(C)C)cc3)on2)cc1. The van der Waals surface area contributed by atoms with Gasteiger partial charge < -0.3 is 19.2 Å². The van der Waals surface area contributed by atoms with Crippen molar-refractivity contribution >= 4 is 11.8 Å². The summed E-state index contributed by atoms with van der Waals surface area (Å²) in [5, 5.41) is 6.76. The quantitative estimate of drug-likeness (QED) is 0.349. The van der Waals surface area contributed by atoms with Crippen LogP contribution in [0.5, 0.6) is 0 Å². The summed E-state index contributed by atoms with van der Waals surface area (Å²) < 4.78 is 10.9. The molecule has 0 aliphatic rings. The second-order valence-electron chi connectivity index (χ2n) is 9.91. The van der Waals surface area contributed by atoms with Crippen LogP contribution in [0.2, 0.25) is 0 Å². The van der Waals surface area contributed by atoms with Gasteiger partial charge in [0, 0.05) is 18.2 Å². The monoisotopic (exact) mass is 485 g/mol. The van der Waals surface area contributed by atoms with Crippen molar-refractivity contribution in [2.24, 2.45) is 0 Å². The van der Waals surface area contributed by atoms with Crippen LogP contribution in [0.3, 0.4) is 0 Å². The summed E-state index contributed by atoms with van der Waals surface area (Å²) in [6, 6.07) is 20.7. The molecule has 4 aromatic rings. The second kappa shape index (κ2) is 10.6. The molecule has 0 saturated heterocycles. The zero-order valence-electron chi connectivity index (χ0n) is 21.1. The minimum Gasteiger partial charge on any atom is -0.467 e. The van der Waals surface area contributed by atoms with Gasteiger partial charge in [-0.3, -0.25) is 9.59 Å². The summed E-state index contributed by atoms with van der Waals surface area (Å²) in [6.07, 6.45) is 1.57. The van der Waals surface area contributed by atoms with Crippen LogP contribution in [0.4, 0.5) is 0 Å². The number of hydrogen-bond donors (Lipinski definition) is 1. The molecule has 186 valence electrons. The van der Waals surface area contributed by atoms with Crippen molar-refractivity contribution in [2.45, 2.75) is 52.7 Å². The molecule has 7 heteroatoms. The molecule has 2 aromatic carbocycles. The lowest BCUT2D eigenvalue weighted by Crippen LogP contribution is -2.30. The van der Waals surface area contributed by atoms with Crippen LogP contribution in [0, 0.1) is 6.92 Å². The van der Waals surface area contributed by atoms with Crippen molar-refractivity contribution in [3.05, 3.63) is 112 Å². The van der Waals surface area contributed by atoms with Crippen molar-refractivity contribution in [1.82, 2.24) is 15.4 Å². The van der Waals surface area contributed by atoms with Gasteiger partial charge in [-0.2, -0.15) is 0 Å². The molecule has 4 rings (SSSR count). The van der Waals surface area contributed by atoms with Gasteiger partial charge in [0.05, 0.1) is 19.4 Å². The first kappa shape index (κ1) is 25.0. The average Bonchev–Trinajstić information content (AvgIpc) is 3.55. The standard InChI is InChI=1S/C29H31N3O4/c1-20-7-9-21(10-8-20)17-30-27(33)26-16-25(36-31-26)19-32(18-24-6-5-15-35-24)28(34)22-11-13-23(14-12-22)29(2,3)4/h5-16H,17-19H2,1-4H3,(H,30,33). The van der Waals surface area contributed by atoms with Crippen molar-refractivity contribution in [3.8, 4) is 0 Å². The van der Waals surface area contributed by atoms with E-state index in [0.29, 0.717) is 23.6 Å². The highest BCUT2D eigenvalue weighted by atomic mass is 16.5. The first-order valence-corrected chi connectivity index (χ1v) is 11.9. The Morgan fingerprint density at radius 3 is 2.28 bits per heavy atom. The molecular weight excluding hydrogens is 454 g/mol. The second-order valence-corrected chi connectivity index (χ2v) is 9.91. The van der Waals surface area contributed by atoms with E-state index in [2.05, 4.69) is 31.2 Å². The highest BCUT2D eigenvalue weighted by Gasteiger charge is 2.22. The van der Waals surface area contributed by atoms with Gasteiger partial charge in [-0.15, -0.1) is 0 Å². The minimum absolute atomic E-state index is 0.00823. The maximum absolute atomic E-state index is 13.4. The van der Waals surface area contributed by atoms with Gasteiger partial charge in [0.25, 0.3) is 11.8 Å². The normalized spacial score (nSPS) is 11.3. The third-order valence-corrected chi connectivity index (χ3v) is 5.92. The fraction of sp³-hybridized carbons (Fsp3) is 0.276. The summed E-state index contributed by atoms with van der Waals surface area (Å²) in [5.41, 5.74) is 4.01. The van der Waals surface area contributed by atoms with Gasteiger partial charge >= 0.3 is 0 Å². The Hall–Kier alpha value is -4.13. The predicted molar refractivity (Wildman–Crippen MR) is 136 cm³/mol. The molecule has 7 nitrogen and oxygen atoms in total. The summed E-state index contributed by atoms with van der Waals surface area (Å²) in [4.78, 5) is 27.6. The first-order valence-electron chi connectivity index (χ1n) is 11.9. The lowest BCUT2D eigenvalue weighted by molar-refractivity contribution is 0.0700. The van der Waals surface area contributed by atoms with E-state index in [4.69, 9.17) is 8.94 Å². The molecule has 2 aromatic heterocycles. The van der Waals surface area contributed by atoms with Crippen LogP contribution < -0.4 is 5.32 Å². The van der Waals surface area contributed by atoms with Crippen LogP contribution in [0.1, 0.15) is 69.8 Å². The number of aryl methyl sites for hydroxylation is 1. The molecule has 0 radical (unpaired) electrons. The smallest absolute Gasteiger partial charge is 0.273 e. The number of hydrogen-bond acceptors (Lipinski definition) is 5. The Morgan fingerprint density at radius 1 is 0.944 bits per heavy atom. The van der Waals surface area contributed by atoms with E-state index >= 15 is 0 Å². The molecule has 0 unspecified atom stereocenters. The van der Waals surface area contributed by atoms with E-state index in [-0.39, 0.29) is 36.0 Å². The number of rotatable bonds is 8. The van der Waals surface area contributed by atoms with E-state index in [0.717, 1.165) is 16.7 Å². The number of furan rings is 1. The highest BCUT2D eigenvalue weighted by Crippen LogP contribution is 2.23. The molecule has 2 amide bonds. The van der Waals surface area contributed by atoms with Crippen LogP contribution in [-0.4, -0.2) is 21.9 Å². The highest BCUT2D eigenvalue weighted by molar-refractivity contribution is 5.94. The van der Waals surface area contributed by atoms with Crippen molar-refractivity contribution in [3.63, 3.8) is 0 Å². The van der Waals surface area contributed by atoms with E-state index in [9.17, 15) is 9.59 Å². The van der Waals surface area contributed by atoms with E-state index < -0.39 is 0 Å². The Morgan fingerprint density at radius 2 is 1.64 bits per heavy atom. The summed E-state index contributed by atoms with van der Waals surface area (Å²) in [7, 11) is 0. The van der Waals surface area contributed by atoms with Crippen molar-refractivity contribution < 1.29 is 18.5 Å². The largest absolute Gasteiger partial charge is 0.467 e. The van der Waals surface area contributed by atoms with Crippen LogP contribution >= 0.6 is 0 Å². The third kappa shape index (κ3) is 6.30. The maximum atomic E-state index is 13.4. The fourth-order valence-corrected chi connectivity index (χ4v) is 3.75. The fourth-order valence-electron chi connectivity index (χ4n) is 3.75. The molecule has 0 bridgehead atoms. The molecule has 0 fully saturated rings. The Labute approximate surface area is 211 Å². The first-order chi connectivity index (χ1) is 17.2. The lowest BCUT2D eigenvalue weighted by atomic mass is 9.86. The topological polar surface area (TPSA) is 88.6 Å². The lowest BCUT2D eigenvalue weighted by Gasteiger charge is -2.22. The van der Waals surface area contributed by atoms with E-state index in [1.54, 1.807) is 23.3 Å². The van der Waals surface area contributed by atoms with Gasteiger partial charge in [0.2, 0.25) is 0 Å². The van der Waals surface area contributed by atoms with Gasteiger partial charge in [0.15, 0.2) is 11.5 Å². The zero-order chi connectivity index (χ0) is 25.7. The molecule has 0 atom stereocenters. The zero-order valence-corrected chi connectivity index (χ0v) is 21.1. The Balaban J connectivity index is 1.46. The number of carbonyl (C=O) groups excluding carboxylic acids is 2. The van der Waals surface area contributed by atoms with E-state index in [1.165, 1.54) is 0 Å². The molecule has 0 saturated carbocycles. The molecule has 36 heavy (non-hydrogen) atoms. The Kier molecular flexibility index (Phi) is 7.38. The molecule has 0 spiro atoms. The van der Waals surface area contributed by atoms with Gasteiger partial charge in [-0.05, 0) is 47.7 Å². The molecule has 1 N–H and O–H groups in total. The number of nitrogens with zero attached hydrogens (tertiary/aromatic N) is 2. The number of nitrogens with one attached hydrogen (secondary N) is 1. The number of amides is 2. The molecule has 2 heterocycles. The van der Waals surface area contributed by atoms with Gasteiger partial charge in [0.1, 0.15) is 5.76 Å². The maximum Gasteiger partial charge on any atom is 0.273 e. The summed E-state index contributed by atoms with van der Waals surface area (Å²) in [6.45, 7) is 9.18. The van der Waals surface area contributed by atoms with Crippen molar-refractivity contribution in [2.75, 3.05) is 0 Å². The van der Waals surface area contributed by atoms with E-state index in [1.807, 2.05) is 61.5 Å². The summed E-state index contributed by atoms with van der Waals surface area (Å²) in [5.74, 6) is 0.535. The molecular formula is C29H31N3O4. The number of benzene rings is 2. The van der Waals surface area contributed by atoms with Crippen LogP contribution in [0.25, 0.3) is 0 Å². The number of carbonyl (C=O) groups is 2. The minimum atomic E-state index is -0.341. The predicted octanol–water partition coefficient (Wildman–Crippen LogP) is 5.65. The average molecular weight is 486 g/mol. The van der Waals surface area contributed by atoms with Crippen LogP contribution in [0.15, 0.2) is 81.9 Å². The summed E-state index contributed by atoms with van der Waals surface area (Å²) >= 11 is 0. The Bertz CT molecular complexity index is 1300. The molecule has 0 aliphatic heterocycles. The van der Waals surface area contributed by atoms with Crippen molar-refractivity contribution in [1.29, 1.82) is 0 Å².